The van der Waals surface area contributed by atoms with Crippen molar-refractivity contribution in [2.45, 2.75) is 50.7 Å². The molecule has 1 unspecified atom stereocenters. The van der Waals surface area contributed by atoms with E-state index < -0.39 is 5.54 Å². The highest BCUT2D eigenvalue weighted by atomic mass is 16.5. The highest BCUT2D eigenvalue weighted by Gasteiger charge is 2.51. The molecule has 3 rings (SSSR count). The lowest BCUT2D eigenvalue weighted by Gasteiger charge is -2.41. The summed E-state index contributed by atoms with van der Waals surface area (Å²) in [6.45, 7) is 2.01. The number of esters is 1. The standard InChI is InChI=1S/C17H22N2O3/c1-12-18-16(21)17(10-4-3-5-11-17)19(12)14-8-6-13(7-9-14)15(20)22-2/h6-9,12H,3-5,10-11H2,1-2H3,(H,18,21). The smallest absolute Gasteiger partial charge is 0.337 e. The van der Waals surface area contributed by atoms with Crippen LogP contribution in [0.2, 0.25) is 0 Å². The van der Waals surface area contributed by atoms with Gasteiger partial charge in [-0.25, -0.2) is 4.79 Å². The van der Waals surface area contributed by atoms with Crippen LogP contribution in [0.5, 0.6) is 0 Å². The average molecular weight is 302 g/mol. The van der Waals surface area contributed by atoms with Gasteiger partial charge in [0.2, 0.25) is 5.91 Å². The van der Waals surface area contributed by atoms with Crippen LogP contribution < -0.4 is 10.2 Å². The van der Waals surface area contributed by atoms with Gasteiger partial charge in [-0.1, -0.05) is 19.3 Å². The number of nitrogens with zero attached hydrogens (tertiary/aromatic N) is 1. The molecule has 5 heteroatoms. The highest BCUT2D eigenvalue weighted by Crippen LogP contribution is 2.41. The van der Waals surface area contributed by atoms with Crippen molar-refractivity contribution >= 4 is 17.6 Å². The summed E-state index contributed by atoms with van der Waals surface area (Å²) in [4.78, 5) is 26.3. The number of rotatable bonds is 2. The molecule has 2 fully saturated rings. The molecule has 5 nitrogen and oxygen atoms in total. The van der Waals surface area contributed by atoms with Gasteiger partial charge in [-0.3, -0.25) is 4.79 Å². The van der Waals surface area contributed by atoms with Crippen molar-refractivity contribution in [3.63, 3.8) is 0 Å². The number of methoxy groups -OCH3 is 1. The van der Waals surface area contributed by atoms with E-state index in [1.54, 1.807) is 12.1 Å². The molecule has 0 bridgehead atoms. The summed E-state index contributed by atoms with van der Waals surface area (Å²) in [6.07, 6.45) is 5.10. The summed E-state index contributed by atoms with van der Waals surface area (Å²) in [5.74, 6) is -0.209. The predicted molar refractivity (Wildman–Crippen MR) is 83.7 cm³/mol. The Morgan fingerprint density at radius 1 is 1.23 bits per heavy atom. The van der Waals surface area contributed by atoms with Gasteiger partial charge in [0.1, 0.15) is 5.54 Å². The number of hydrogen-bond donors (Lipinski definition) is 1. The Hall–Kier alpha value is -2.04. The van der Waals surface area contributed by atoms with Crippen LogP contribution in [0, 0.1) is 0 Å². The van der Waals surface area contributed by atoms with Crippen LogP contribution >= 0.6 is 0 Å². The third-order valence-electron chi connectivity index (χ3n) is 4.86. The number of benzene rings is 1. The zero-order valence-electron chi connectivity index (χ0n) is 13.1. The Morgan fingerprint density at radius 2 is 1.86 bits per heavy atom. The number of hydrogen-bond acceptors (Lipinski definition) is 4. The van der Waals surface area contributed by atoms with Crippen molar-refractivity contribution in [1.29, 1.82) is 0 Å². The molecule has 1 aliphatic heterocycles. The van der Waals surface area contributed by atoms with Gasteiger partial charge < -0.3 is 15.0 Å². The van der Waals surface area contributed by atoms with Crippen LogP contribution in [-0.2, 0) is 9.53 Å². The van der Waals surface area contributed by atoms with E-state index in [-0.39, 0.29) is 18.0 Å². The van der Waals surface area contributed by atoms with Crippen molar-refractivity contribution < 1.29 is 14.3 Å². The van der Waals surface area contributed by atoms with Gasteiger partial charge >= 0.3 is 5.97 Å². The van der Waals surface area contributed by atoms with Crippen LogP contribution in [0.15, 0.2) is 24.3 Å². The molecule has 1 spiro atoms. The molecule has 0 radical (unpaired) electrons. The summed E-state index contributed by atoms with van der Waals surface area (Å²) >= 11 is 0. The summed E-state index contributed by atoms with van der Waals surface area (Å²) < 4.78 is 4.73. The van der Waals surface area contributed by atoms with Crippen LogP contribution in [0.4, 0.5) is 5.69 Å². The monoisotopic (exact) mass is 302 g/mol. The summed E-state index contributed by atoms with van der Waals surface area (Å²) in [5.41, 5.74) is 1.07. The molecular formula is C17H22N2O3. The number of nitrogens with one attached hydrogen (secondary N) is 1. The first-order valence-corrected chi connectivity index (χ1v) is 7.87. The van der Waals surface area contributed by atoms with Gasteiger partial charge in [0.15, 0.2) is 0 Å². The van der Waals surface area contributed by atoms with Crippen molar-refractivity contribution in [3.05, 3.63) is 29.8 Å². The van der Waals surface area contributed by atoms with Crippen LogP contribution in [0.1, 0.15) is 49.4 Å². The maximum atomic E-state index is 12.5. The van der Waals surface area contributed by atoms with E-state index in [0.29, 0.717) is 5.56 Å². The van der Waals surface area contributed by atoms with E-state index in [1.807, 2.05) is 19.1 Å². The Morgan fingerprint density at radius 3 is 2.45 bits per heavy atom. The fraction of sp³-hybridized carbons (Fsp3) is 0.529. The number of ether oxygens (including phenoxy) is 1. The molecule has 1 N–H and O–H groups in total. The fourth-order valence-electron chi connectivity index (χ4n) is 3.82. The molecule has 0 aromatic heterocycles. The van der Waals surface area contributed by atoms with E-state index in [2.05, 4.69) is 10.2 Å². The molecule has 1 aromatic rings. The maximum absolute atomic E-state index is 12.5. The van der Waals surface area contributed by atoms with E-state index in [0.717, 1.165) is 31.4 Å². The molecule has 118 valence electrons. The van der Waals surface area contributed by atoms with Gasteiger partial charge in [-0.2, -0.15) is 0 Å². The van der Waals surface area contributed by atoms with E-state index >= 15 is 0 Å². The summed E-state index contributed by atoms with van der Waals surface area (Å²) in [6, 6.07) is 7.32. The Labute approximate surface area is 130 Å². The number of anilines is 1. The Kier molecular flexibility index (Phi) is 3.81. The van der Waals surface area contributed by atoms with E-state index in [9.17, 15) is 9.59 Å². The molecule has 22 heavy (non-hydrogen) atoms. The first kappa shape index (κ1) is 14.9. The quantitative estimate of drug-likeness (QED) is 0.853. The van der Waals surface area contributed by atoms with Crippen molar-refractivity contribution in [2.24, 2.45) is 0 Å². The highest BCUT2D eigenvalue weighted by molar-refractivity contribution is 5.94. The van der Waals surface area contributed by atoms with E-state index in [4.69, 9.17) is 4.74 Å². The van der Waals surface area contributed by atoms with Crippen LogP contribution in [0.3, 0.4) is 0 Å². The lowest BCUT2D eigenvalue weighted by atomic mass is 9.80. The Balaban J connectivity index is 1.94. The second-order valence-electron chi connectivity index (χ2n) is 6.15. The predicted octanol–water partition coefficient (Wildman–Crippen LogP) is 2.46. The van der Waals surface area contributed by atoms with Gasteiger partial charge in [-0.15, -0.1) is 0 Å². The van der Waals surface area contributed by atoms with Crippen LogP contribution in [0.25, 0.3) is 0 Å². The average Bonchev–Trinajstić information content (AvgIpc) is 2.78. The van der Waals surface area contributed by atoms with Crippen molar-refractivity contribution in [3.8, 4) is 0 Å². The molecule has 1 aliphatic carbocycles. The van der Waals surface area contributed by atoms with Gasteiger partial charge in [0.25, 0.3) is 0 Å². The third-order valence-corrected chi connectivity index (χ3v) is 4.86. The van der Waals surface area contributed by atoms with Gasteiger partial charge in [-0.05, 0) is 44.0 Å². The number of carbonyl (C=O) groups excluding carboxylic acids is 2. The largest absolute Gasteiger partial charge is 0.465 e. The molecular weight excluding hydrogens is 280 g/mol. The minimum absolute atomic E-state index is 0.0328. The normalized spacial score (nSPS) is 23.5. The zero-order valence-corrected chi connectivity index (χ0v) is 13.1. The van der Waals surface area contributed by atoms with Crippen LogP contribution in [-0.4, -0.2) is 30.7 Å². The van der Waals surface area contributed by atoms with Gasteiger partial charge in [0, 0.05) is 5.69 Å². The second-order valence-corrected chi connectivity index (χ2v) is 6.15. The molecule has 1 heterocycles. The molecule has 1 atom stereocenters. The summed E-state index contributed by atoms with van der Waals surface area (Å²) in [5, 5.41) is 3.07. The minimum Gasteiger partial charge on any atom is -0.465 e. The molecule has 2 aliphatic rings. The lowest BCUT2D eigenvalue weighted by Crippen LogP contribution is -2.51. The SMILES string of the molecule is COC(=O)c1ccc(N2C(C)NC(=O)C23CCCCC3)cc1. The van der Waals surface area contributed by atoms with Crippen molar-refractivity contribution in [2.75, 3.05) is 12.0 Å². The minimum atomic E-state index is -0.426. The number of carbonyl (C=O) groups is 2. The van der Waals surface area contributed by atoms with Gasteiger partial charge in [0.05, 0.1) is 18.8 Å². The third kappa shape index (κ3) is 2.25. The molecule has 1 amide bonds. The second kappa shape index (κ2) is 5.63. The molecule has 1 aromatic carbocycles. The maximum Gasteiger partial charge on any atom is 0.337 e. The lowest BCUT2D eigenvalue weighted by molar-refractivity contribution is -0.124. The summed E-state index contributed by atoms with van der Waals surface area (Å²) in [7, 11) is 1.37. The first-order chi connectivity index (χ1) is 10.6. The molecule has 1 saturated carbocycles. The fourth-order valence-corrected chi connectivity index (χ4v) is 3.82. The topological polar surface area (TPSA) is 58.6 Å². The number of amides is 1. The first-order valence-electron chi connectivity index (χ1n) is 7.87. The zero-order chi connectivity index (χ0) is 15.7. The Bertz CT molecular complexity index is 576. The van der Waals surface area contributed by atoms with E-state index in [1.165, 1.54) is 13.5 Å². The van der Waals surface area contributed by atoms with Crippen molar-refractivity contribution in [1.82, 2.24) is 5.32 Å². The molecule has 1 saturated heterocycles.